The van der Waals surface area contributed by atoms with Crippen LogP contribution < -0.4 is 5.32 Å². The minimum atomic E-state index is -0.659. The lowest BCUT2D eigenvalue weighted by Crippen LogP contribution is -2.45. The van der Waals surface area contributed by atoms with Crippen LogP contribution in [0, 0.1) is 0 Å². The molecule has 0 spiro atoms. The second-order valence-electron chi connectivity index (χ2n) is 17.2. The SMILES string of the molecule is CCCCCCCCCCC/C=C\CCCCCCCCCC(=O)NC(CO)C(O)CCCCCCCCCCCCCCCCCCCCCCCC. The van der Waals surface area contributed by atoms with Gasteiger partial charge in [0.2, 0.25) is 5.91 Å². The minimum absolute atomic E-state index is 0.0311. The van der Waals surface area contributed by atoms with Gasteiger partial charge in [-0.05, 0) is 38.5 Å². The molecule has 0 saturated carbocycles. The third-order valence-corrected chi connectivity index (χ3v) is 11.8. The van der Waals surface area contributed by atoms with Crippen molar-refractivity contribution in [1.29, 1.82) is 0 Å². The molecule has 3 N–H and O–H groups in total. The number of nitrogens with one attached hydrogen (secondary N) is 1. The van der Waals surface area contributed by atoms with E-state index in [0.717, 1.165) is 25.7 Å². The second kappa shape index (κ2) is 46.5. The monoisotopic (exact) mass is 762 g/mol. The number of aliphatic hydroxyl groups is 2. The Morgan fingerprint density at radius 1 is 0.426 bits per heavy atom. The minimum Gasteiger partial charge on any atom is -0.394 e. The highest BCUT2D eigenvalue weighted by Crippen LogP contribution is 2.17. The van der Waals surface area contributed by atoms with E-state index in [1.54, 1.807) is 0 Å². The third kappa shape index (κ3) is 42.3. The van der Waals surface area contributed by atoms with Gasteiger partial charge in [-0.25, -0.2) is 0 Å². The number of hydrogen-bond acceptors (Lipinski definition) is 3. The van der Waals surface area contributed by atoms with Gasteiger partial charge in [0, 0.05) is 6.42 Å². The Morgan fingerprint density at radius 2 is 0.704 bits per heavy atom. The first-order valence-corrected chi connectivity index (χ1v) is 24.9. The first-order valence-electron chi connectivity index (χ1n) is 24.9. The lowest BCUT2D eigenvalue weighted by Gasteiger charge is -2.22. The Bertz CT molecular complexity index is 739. The molecule has 0 heterocycles. The van der Waals surface area contributed by atoms with Gasteiger partial charge in [0.1, 0.15) is 0 Å². The lowest BCUT2D eigenvalue weighted by atomic mass is 10.0. The molecular weight excluding hydrogens is 663 g/mol. The van der Waals surface area contributed by atoms with Crippen LogP contribution in [0.2, 0.25) is 0 Å². The van der Waals surface area contributed by atoms with Gasteiger partial charge < -0.3 is 15.5 Å². The van der Waals surface area contributed by atoms with Crippen LogP contribution in [0.25, 0.3) is 0 Å². The van der Waals surface area contributed by atoms with Crippen molar-refractivity contribution in [3.63, 3.8) is 0 Å². The zero-order valence-corrected chi connectivity index (χ0v) is 37.0. The van der Waals surface area contributed by atoms with Crippen molar-refractivity contribution in [2.45, 2.75) is 296 Å². The first kappa shape index (κ1) is 53.1. The van der Waals surface area contributed by atoms with Crippen LogP contribution in [0.4, 0.5) is 0 Å². The Labute approximate surface area is 339 Å². The molecule has 0 aliphatic carbocycles. The van der Waals surface area contributed by atoms with Crippen molar-refractivity contribution >= 4 is 5.91 Å². The fraction of sp³-hybridized carbons (Fsp3) is 0.940. The summed E-state index contributed by atoms with van der Waals surface area (Å²) in [7, 11) is 0. The summed E-state index contributed by atoms with van der Waals surface area (Å²) in [5, 5.41) is 23.3. The van der Waals surface area contributed by atoms with Crippen molar-refractivity contribution in [2.75, 3.05) is 6.61 Å². The fourth-order valence-corrected chi connectivity index (χ4v) is 7.95. The molecule has 2 atom stereocenters. The van der Waals surface area contributed by atoms with Gasteiger partial charge in [0.25, 0.3) is 0 Å². The molecule has 2 unspecified atom stereocenters. The predicted molar refractivity (Wildman–Crippen MR) is 239 cm³/mol. The van der Waals surface area contributed by atoms with Crippen LogP contribution in [0.1, 0.15) is 284 Å². The molecule has 4 heteroatoms. The summed E-state index contributed by atoms with van der Waals surface area (Å²) in [4.78, 5) is 12.4. The molecule has 0 aliphatic rings. The Kier molecular flexibility index (Phi) is 45.8. The van der Waals surface area contributed by atoms with Crippen LogP contribution in [-0.2, 0) is 4.79 Å². The van der Waals surface area contributed by atoms with E-state index in [2.05, 4.69) is 31.3 Å². The van der Waals surface area contributed by atoms with Crippen molar-refractivity contribution in [3.8, 4) is 0 Å². The standard InChI is InChI=1S/C50H99NO3/c1-3-5-7-9-11-13-15-17-19-21-23-25-26-27-29-31-33-35-37-39-41-43-45-49(53)48(47-52)51-50(54)46-44-42-40-38-36-34-32-30-28-24-22-20-18-16-14-12-10-8-6-4-2/h24,28,48-49,52-53H,3-23,25-27,29-47H2,1-2H3,(H,51,54)/b28-24-. The normalized spacial score (nSPS) is 12.9. The first-order chi connectivity index (χ1) is 26.7. The zero-order chi connectivity index (χ0) is 39.3. The molecule has 0 saturated heterocycles. The van der Waals surface area contributed by atoms with Gasteiger partial charge in [0.15, 0.2) is 0 Å². The number of carbonyl (C=O) groups excluding carboxylic acids is 1. The molecule has 322 valence electrons. The summed E-state index contributed by atoms with van der Waals surface area (Å²) in [6.07, 6.45) is 58.8. The molecule has 0 aliphatic heterocycles. The molecular formula is C50H99NO3. The van der Waals surface area contributed by atoms with Gasteiger partial charge in [0.05, 0.1) is 18.8 Å². The van der Waals surface area contributed by atoms with Gasteiger partial charge in [-0.3, -0.25) is 4.79 Å². The van der Waals surface area contributed by atoms with Crippen LogP contribution >= 0.6 is 0 Å². The van der Waals surface area contributed by atoms with Gasteiger partial charge >= 0.3 is 0 Å². The number of carbonyl (C=O) groups is 1. The predicted octanol–water partition coefficient (Wildman–Crippen LogP) is 15.8. The zero-order valence-electron chi connectivity index (χ0n) is 37.0. The van der Waals surface area contributed by atoms with E-state index < -0.39 is 12.1 Å². The molecule has 0 aromatic rings. The van der Waals surface area contributed by atoms with E-state index in [-0.39, 0.29) is 12.5 Å². The highest BCUT2D eigenvalue weighted by Gasteiger charge is 2.20. The second-order valence-corrected chi connectivity index (χ2v) is 17.2. The Balaban J connectivity index is 3.46. The molecule has 4 nitrogen and oxygen atoms in total. The highest BCUT2D eigenvalue weighted by atomic mass is 16.3. The molecule has 0 aromatic heterocycles. The molecule has 0 radical (unpaired) electrons. The summed E-state index contributed by atoms with van der Waals surface area (Å²) in [6, 6.07) is -0.536. The summed E-state index contributed by atoms with van der Waals surface area (Å²) in [5.41, 5.74) is 0. The van der Waals surface area contributed by atoms with Crippen molar-refractivity contribution in [1.82, 2.24) is 5.32 Å². The smallest absolute Gasteiger partial charge is 0.220 e. The summed E-state index contributed by atoms with van der Waals surface area (Å²) in [6.45, 7) is 4.39. The number of amides is 1. The molecule has 0 bridgehead atoms. The van der Waals surface area contributed by atoms with Crippen molar-refractivity contribution in [2.24, 2.45) is 0 Å². The summed E-state index contributed by atoms with van der Waals surface area (Å²) >= 11 is 0. The summed E-state index contributed by atoms with van der Waals surface area (Å²) in [5.74, 6) is -0.0311. The lowest BCUT2D eigenvalue weighted by molar-refractivity contribution is -0.123. The highest BCUT2D eigenvalue weighted by molar-refractivity contribution is 5.76. The topological polar surface area (TPSA) is 69.6 Å². The van der Waals surface area contributed by atoms with Crippen LogP contribution in [0.3, 0.4) is 0 Å². The van der Waals surface area contributed by atoms with E-state index in [1.807, 2.05) is 0 Å². The van der Waals surface area contributed by atoms with E-state index in [4.69, 9.17) is 0 Å². The van der Waals surface area contributed by atoms with E-state index in [1.165, 1.54) is 231 Å². The number of allylic oxidation sites excluding steroid dienone is 2. The van der Waals surface area contributed by atoms with Crippen LogP contribution in [-0.4, -0.2) is 34.9 Å². The van der Waals surface area contributed by atoms with Gasteiger partial charge in [-0.15, -0.1) is 0 Å². The van der Waals surface area contributed by atoms with E-state index in [9.17, 15) is 15.0 Å². The molecule has 0 fully saturated rings. The number of aliphatic hydroxyl groups excluding tert-OH is 2. The molecule has 54 heavy (non-hydrogen) atoms. The fourth-order valence-electron chi connectivity index (χ4n) is 7.95. The average Bonchev–Trinajstić information content (AvgIpc) is 3.18. The maximum absolute atomic E-state index is 12.4. The maximum atomic E-state index is 12.4. The third-order valence-electron chi connectivity index (χ3n) is 11.8. The molecule has 0 rings (SSSR count). The Hall–Kier alpha value is -0.870. The van der Waals surface area contributed by atoms with Crippen LogP contribution in [0.15, 0.2) is 12.2 Å². The van der Waals surface area contributed by atoms with E-state index >= 15 is 0 Å². The van der Waals surface area contributed by atoms with Crippen molar-refractivity contribution < 1.29 is 15.0 Å². The number of unbranched alkanes of at least 4 members (excludes halogenated alkanes) is 37. The largest absolute Gasteiger partial charge is 0.394 e. The van der Waals surface area contributed by atoms with Crippen molar-refractivity contribution in [3.05, 3.63) is 12.2 Å². The Morgan fingerprint density at radius 3 is 1.02 bits per heavy atom. The van der Waals surface area contributed by atoms with Gasteiger partial charge in [-0.2, -0.15) is 0 Å². The quantitative estimate of drug-likeness (QED) is 0.0427. The summed E-state index contributed by atoms with van der Waals surface area (Å²) < 4.78 is 0. The van der Waals surface area contributed by atoms with Gasteiger partial charge in [-0.1, -0.05) is 251 Å². The number of hydrogen-bond donors (Lipinski definition) is 3. The average molecular weight is 762 g/mol. The molecule has 0 aromatic carbocycles. The molecule has 1 amide bonds. The number of rotatable bonds is 46. The van der Waals surface area contributed by atoms with Crippen LogP contribution in [0.5, 0.6) is 0 Å². The maximum Gasteiger partial charge on any atom is 0.220 e. The van der Waals surface area contributed by atoms with E-state index in [0.29, 0.717) is 12.8 Å².